The third-order valence-corrected chi connectivity index (χ3v) is 4.87. The summed E-state index contributed by atoms with van der Waals surface area (Å²) in [6, 6.07) is 4.64. The van der Waals surface area contributed by atoms with Crippen LogP contribution in [0, 0.1) is 0 Å². The lowest BCUT2D eigenvalue weighted by Crippen LogP contribution is -2.31. The second kappa shape index (κ2) is 6.88. The van der Waals surface area contributed by atoms with E-state index in [2.05, 4.69) is 29.1 Å². The van der Waals surface area contributed by atoms with E-state index < -0.39 is 10.0 Å². The molecule has 0 bridgehead atoms. The molecule has 0 aliphatic carbocycles. The molecule has 19 heavy (non-hydrogen) atoms. The number of methoxy groups -OCH3 is 1. The van der Waals surface area contributed by atoms with E-state index in [9.17, 15) is 8.42 Å². The van der Waals surface area contributed by atoms with Gasteiger partial charge < -0.3 is 4.74 Å². The number of benzene rings is 1. The summed E-state index contributed by atoms with van der Waals surface area (Å²) in [4.78, 5) is 0.198. The molecule has 0 amide bonds. The van der Waals surface area contributed by atoms with Crippen LogP contribution in [0.1, 0.15) is 0 Å². The number of halogens is 1. The van der Waals surface area contributed by atoms with Gasteiger partial charge in [0.05, 0.1) is 16.5 Å². The maximum Gasteiger partial charge on any atom is 0.243 e. The lowest BCUT2D eigenvalue weighted by atomic mass is 10.3. The van der Waals surface area contributed by atoms with Gasteiger partial charge in [-0.2, -0.15) is 4.31 Å². The number of hydrogen-bond donors (Lipinski definition) is 0. The molecule has 0 aromatic heterocycles. The number of nitrogens with zero attached hydrogens (tertiary/aromatic N) is 1. The highest BCUT2D eigenvalue weighted by atomic mass is 79.9. The fourth-order valence-corrected chi connectivity index (χ4v) is 3.62. The lowest BCUT2D eigenvalue weighted by Gasteiger charge is -2.19. The summed E-state index contributed by atoms with van der Waals surface area (Å²) in [5.74, 6) is 0.581. The Balaban J connectivity index is 3.20. The zero-order valence-electron chi connectivity index (χ0n) is 10.7. The van der Waals surface area contributed by atoms with Gasteiger partial charge in [-0.3, -0.25) is 0 Å². The van der Waals surface area contributed by atoms with Crippen LogP contribution in [0.25, 0.3) is 0 Å². The molecule has 104 valence electrons. The van der Waals surface area contributed by atoms with Gasteiger partial charge in [0.15, 0.2) is 0 Å². The van der Waals surface area contributed by atoms with Gasteiger partial charge in [-0.25, -0.2) is 8.42 Å². The van der Waals surface area contributed by atoms with Crippen molar-refractivity contribution in [2.24, 2.45) is 0 Å². The first-order chi connectivity index (χ1) is 8.97. The Morgan fingerprint density at radius 1 is 1.32 bits per heavy atom. The van der Waals surface area contributed by atoms with Gasteiger partial charge in [-0.1, -0.05) is 12.2 Å². The molecule has 0 spiro atoms. The Hall–Kier alpha value is -1.11. The van der Waals surface area contributed by atoms with Crippen LogP contribution < -0.4 is 4.74 Å². The molecule has 0 saturated heterocycles. The van der Waals surface area contributed by atoms with Crippen molar-refractivity contribution >= 4 is 26.0 Å². The predicted octanol–water partition coefficient (Wildman–Crippen LogP) is 2.82. The zero-order chi connectivity index (χ0) is 14.5. The molecule has 0 heterocycles. The summed E-state index contributed by atoms with van der Waals surface area (Å²) in [5, 5.41) is 0. The minimum Gasteiger partial charge on any atom is -0.496 e. The number of ether oxygens (including phenoxy) is 1. The molecule has 6 heteroatoms. The van der Waals surface area contributed by atoms with Crippen LogP contribution in [0.15, 0.2) is 52.9 Å². The van der Waals surface area contributed by atoms with E-state index in [0.29, 0.717) is 10.2 Å². The van der Waals surface area contributed by atoms with Crippen molar-refractivity contribution in [3.63, 3.8) is 0 Å². The van der Waals surface area contributed by atoms with Crippen molar-refractivity contribution in [2.45, 2.75) is 4.90 Å². The van der Waals surface area contributed by atoms with Crippen molar-refractivity contribution in [2.75, 3.05) is 20.2 Å². The first-order valence-corrected chi connectivity index (χ1v) is 7.76. The van der Waals surface area contributed by atoms with Crippen LogP contribution in [0.4, 0.5) is 0 Å². The molecule has 1 rings (SSSR count). The van der Waals surface area contributed by atoms with Crippen molar-refractivity contribution in [1.82, 2.24) is 4.31 Å². The number of hydrogen-bond acceptors (Lipinski definition) is 3. The minimum absolute atomic E-state index is 0.198. The van der Waals surface area contributed by atoms with E-state index in [1.54, 1.807) is 18.2 Å². The van der Waals surface area contributed by atoms with E-state index in [0.717, 1.165) is 0 Å². The highest BCUT2D eigenvalue weighted by molar-refractivity contribution is 9.10. The molecule has 1 aromatic carbocycles. The second-order valence-electron chi connectivity index (χ2n) is 3.70. The van der Waals surface area contributed by atoms with Crippen molar-refractivity contribution in [3.05, 3.63) is 48.0 Å². The highest BCUT2D eigenvalue weighted by Gasteiger charge is 2.23. The van der Waals surface area contributed by atoms with Gasteiger partial charge in [-0.15, -0.1) is 13.2 Å². The van der Waals surface area contributed by atoms with Crippen LogP contribution in [0.5, 0.6) is 5.75 Å². The van der Waals surface area contributed by atoms with E-state index >= 15 is 0 Å². The largest absolute Gasteiger partial charge is 0.496 e. The number of rotatable bonds is 7. The van der Waals surface area contributed by atoms with Gasteiger partial charge >= 0.3 is 0 Å². The molecule has 0 unspecified atom stereocenters. The summed E-state index contributed by atoms with van der Waals surface area (Å²) in [6.45, 7) is 7.60. The topological polar surface area (TPSA) is 46.6 Å². The van der Waals surface area contributed by atoms with Crippen molar-refractivity contribution in [3.8, 4) is 5.75 Å². The van der Waals surface area contributed by atoms with Gasteiger partial charge in [0.1, 0.15) is 5.75 Å². The standard InChI is InChI=1S/C13H16BrNO3S/c1-4-8-15(9-5-2)19(16,17)11-6-7-13(18-3)12(14)10-11/h4-7,10H,1-2,8-9H2,3H3. The van der Waals surface area contributed by atoms with Crippen LogP contribution in [0.3, 0.4) is 0 Å². The average molecular weight is 346 g/mol. The minimum atomic E-state index is -3.57. The maximum absolute atomic E-state index is 12.4. The van der Waals surface area contributed by atoms with Gasteiger partial charge in [0.2, 0.25) is 10.0 Å². The van der Waals surface area contributed by atoms with Crippen LogP contribution in [0.2, 0.25) is 0 Å². The summed E-state index contributed by atoms with van der Waals surface area (Å²) in [7, 11) is -2.04. The van der Waals surface area contributed by atoms with Gasteiger partial charge in [-0.05, 0) is 34.1 Å². The summed E-state index contributed by atoms with van der Waals surface area (Å²) >= 11 is 3.28. The Kier molecular flexibility index (Phi) is 5.78. The van der Waals surface area contributed by atoms with E-state index in [1.165, 1.54) is 23.5 Å². The van der Waals surface area contributed by atoms with Crippen molar-refractivity contribution < 1.29 is 13.2 Å². The number of sulfonamides is 1. The van der Waals surface area contributed by atoms with Gasteiger partial charge in [0.25, 0.3) is 0 Å². The third-order valence-electron chi connectivity index (χ3n) is 2.43. The molecule has 0 aliphatic heterocycles. The Bertz CT molecular complexity index is 559. The molecule has 0 atom stereocenters. The fourth-order valence-electron chi connectivity index (χ4n) is 1.52. The molecule has 4 nitrogen and oxygen atoms in total. The highest BCUT2D eigenvalue weighted by Crippen LogP contribution is 2.28. The first-order valence-electron chi connectivity index (χ1n) is 5.52. The fraction of sp³-hybridized carbons (Fsp3) is 0.231. The first kappa shape index (κ1) is 15.9. The molecule has 0 fully saturated rings. The smallest absolute Gasteiger partial charge is 0.243 e. The molecule has 0 aliphatic rings. The van der Waals surface area contributed by atoms with Gasteiger partial charge in [0, 0.05) is 13.1 Å². The van der Waals surface area contributed by atoms with Crippen LogP contribution in [-0.2, 0) is 10.0 Å². The molecular formula is C13H16BrNO3S. The normalized spacial score (nSPS) is 11.3. The van der Waals surface area contributed by atoms with Crippen LogP contribution in [-0.4, -0.2) is 32.9 Å². The lowest BCUT2D eigenvalue weighted by molar-refractivity contribution is 0.411. The predicted molar refractivity (Wildman–Crippen MR) is 79.8 cm³/mol. The zero-order valence-corrected chi connectivity index (χ0v) is 13.1. The van der Waals surface area contributed by atoms with Crippen molar-refractivity contribution in [1.29, 1.82) is 0 Å². The van der Waals surface area contributed by atoms with Crippen LogP contribution >= 0.6 is 15.9 Å². The Morgan fingerprint density at radius 3 is 2.32 bits per heavy atom. The SMILES string of the molecule is C=CCN(CC=C)S(=O)(=O)c1ccc(OC)c(Br)c1. The summed E-state index contributed by atoms with van der Waals surface area (Å²) < 4.78 is 31.8. The quantitative estimate of drug-likeness (QED) is 0.714. The van der Waals surface area contributed by atoms with E-state index in [4.69, 9.17) is 4.74 Å². The van der Waals surface area contributed by atoms with E-state index in [1.807, 2.05) is 0 Å². The maximum atomic E-state index is 12.4. The molecule has 0 radical (unpaired) electrons. The monoisotopic (exact) mass is 345 g/mol. The van der Waals surface area contributed by atoms with E-state index in [-0.39, 0.29) is 18.0 Å². The molecular weight excluding hydrogens is 330 g/mol. The summed E-state index contributed by atoms with van der Waals surface area (Å²) in [6.07, 6.45) is 3.08. The third kappa shape index (κ3) is 3.68. The molecule has 0 saturated carbocycles. The average Bonchev–Trinajstić information content (AvgIpc) is 2.38. The Labute approximate surface area is 122 Å². The second-order valence-corrected chi connectivity index (χ2v) is 6.49. The summed E-state index contributed by atoms with van der Waals surface area (Å²) in [5.41, 5.74) is 0. The molecule has 1 aromatic rings. The molecule has 0 N–H and O–H groups in total. The Morgan fingerprint density at radius 2 is 1.89 bits per heavy atom.